The predicted molar refractivity (Wildman–Crippen MR) is 81.0 cm³/mol. The molecule has 0 aromatic heterocycles. The Kier molecular flexibility index (Phi) is 4.85. The second-order valence-corrected chi connectivity index (χ2v) is 5.47. The minimum Gasteiger partial charge on any atom is -0.479 e. The summed E-state index contributed by atoms with van der Waals surface area (Å²) in [5.41, 5.74) is 2.23. The van der Waals surface area contributed by atoms with Crippen molar-refractivity contribution < 1.29 is 19.5 Å². The van der Waals surface area contributed by atoms with Gasteiger partial charge in [0.25, 0.3) is 0 Å². The zero-order valence-electron chi connectivity index (χ0n) is 11.8. The molecule has 1 amide bonds. The number of carbonyl (C=O) groups excluding carboxylic acids is 1. The highest BCUT2D eigenvalue weighted by Gasteiger charge is 2.23. The summed E-state index contributed by atoms with van der Waals surface area (Å²) in [7, 11) is 0. The van der Waals surface area contributed by atoms with Gasteiger partial charge in [-0.25, -0.2) is 4.79 Å². The highest BCUT2D eigenvalue weighted by Crippen LogP contribution is 2.35. The molecule has 112 valence electrons. The Balaban J connectivity index is 2.25. The van der Waals surface area contributed by atoms with Gasteiger partial charge in [-0.05, 0) is 26.0 Å². The fourth-order valence-electron chi connectivity index (χ4n) is 2.01. The average Bonchev–Trinajstić information content (AvgIpc) is 2.46. The van der Waals surface area contributed by atoms with Crippen LogP contribution in [0.15, 0.2) is 28.3 Å². The lowest BCUT2D eigenvalue weighted by molar-refractivity contribution is -0.142. The quantitative estimate of drug-likeness (QED) is 0.664. The molecule has 0 fully saturated rings. The van der Waals surface area contributed by atoms with Crippen molar-refractivity contribution in [2.75, 3.05) is 23.8 Å². The summed E-state index contributed by atoms with van der Waals surface area (Å²) in [4.78, 5) is 29.8. The van der Waals surface area contributed by atoms with Gasteiger partial charge in [-0.1, -0.05) is 11.2 Å². The Hall–Kier alpha value is -2.02. The smallest absolute Gasteiger partial charge is 0.344 e. The first-order valence-electron chi connectivity index (χ1n) is 6.49. The van der Waals surface area contributed by atoms with Crippen molar-refractivity contribution in [2.45, 2.75) is 18.7 Å². The van der Waals surface area contributed by atoms with E-state index in [1.165, 1.54) is 11.8 Å². The van der Waals surface area contributed by atoms with Gasteiger partial charge in [0.05, 0.1) is 17.2 Å². The SMILES string of the molecule is CCN1C(=O)CSc2ccc(/C(C)=N\OCC(=O)O)cc21. The third kappa shape index (κ3) is 3.55. The largest absolute Gasteiger partial charge is 0.479 e. The van der Waals surface area contributed by atoms with E-state index in [2.05, 4.69) is 5.16 Å². The van der Waals surface area contributed by atoms with Gasteiger partial charge in [0, 0.05) is 17.0 Å². The summed E-state index contributed by atoms with van der Waals surface area (Å²) in [6.45, 7) is 3.80. The molecule has 1 N–H and O–H groups in total. The monoisotopic (exact) mass is 308 g/mol. The molecule has 6 nitrogen and oxygen atoms in total. The Labute approximate surface area is 126 Å². The summed E-state index contributed by atoms with van der Waals surface area (Å²) < 4.78 is 0. The van der Waals surface area contributed by atoms with E-state index in [1.807, 2.05) is 25.1 Å². The Morgan fingerprint density at radius 1 is 1.52 bits per heavy atom. The molecule has 0 bridgehead atoms. The second-order valence-electron chi connectivity index (χ2n) is 4.45. The zero-order valence-corrected chi connectivity index (χ0v) is 12.6. The van der Waals surface area contributed by atoms with Crippen LogP contribution in [0, 0.1) is 0 Å². The molecule has 0 saturated carbocycles. The van der Waals surface area contributed by atoms with Gasteiger partial charge in [0.1, 0.15) is 0 Å². The molecule has 1 heterocycles. The number of nitrogens with zero attached hydrogens (tertiary/aromatic N) is 2. The van der Waals surface area contributed by atoms with Crippen LogP contribution in [0.1, 0.15) is 19.4 Å². The summed E-state index contributed by atoms with van der Waals surface area (Å²) in [5, 5.41) is 12.3. The molecule has 0 aliphatic carbocycles. The van der Waals surface area contributed by atoms with Crippen LogP contribution in [0.3, 0.4) is 0 Å². The normalized spacial score (nSPS) is 14.9. The Morgan fingerprint density at radius 3 is 2.95 bits per heavy atom. The summed E-state index contributed by atoms with van der Waals surface area (Å²) in [6, 6.07) is 5.71. The number of thioether (sulfide) groups is 1. The molecular weight excluding hydrogens is 292 g/mol. The molecule has 0 spiro atoms. The number of carboxylic acids is 1. The van der Waals surface area contributed by atoms with Gasteiger partial charge in [0.2, 0.25) is 12.5 Å². The van der Waals surface area contributed by atoms with Gasteiger partial charge < -0.3 is 14.8 Å². The van der Waals surface area contributed by atoms with Gasteiger partial charge in [-0.2, -0.15) is 0 Å². The standard InChI is InChI=1S/C14H16N2O4S/c1-3-16-11-6-10(9(2)15-20-7-14(18)19)4-5-12(11)21-8-13(16)17/h4-6H,3,7-8H2,1-2H3,(H,18,19)/b15-9-. The number of fused-ring (bicyclic) bond motifs is 1. The van der Waals surface area contributed by atoms with E-state index in [9.17, 15) is 9.59 Å². The van der Waals surface area contributed by atoms with Crippen molar-refractivity contribution in [3.05, 3.63) is 23.8 Å². The number of carboxylic acid groups (broad SMARTS) is 1. The predicted octanol–water partition coefficient (Wildman–Crippen LogP) is 1.97. The summed E-state index contributed by atoms with van der Waals surface area (Å²) >= 11 is 1.52. The molecule has 1 aliphatic rings. The van der Waals surface area contributed by atoms with Crippen LogP contribution in [0.4, 0.5) is 5.69 Å². The fourth-order valence-corrected chi connectivity index (χ4v) is 2.93. The second kappa shape index (κ2) is 6.62. The lowest BCUT2D eigenvalue weighted by atomic mass is 10.1. The molecule has 0 saturated heterocycles. The van der Waals surface area contributed by atoms with Gasteiger partial charge in [-0.15, -0.1) is 11.8 Å². The van der Waals surface area contributed by atoms with E-state index in [0.717, 1.165) is 16.1 Å². The third-order valence-electron chi connectivity index (χ3n) is 3.03. The number of carbonyl (C=O) groups is 2. The topological polar surface area (TPSA) is 79.2 Å². The number of aliphatic carboxylic acids is 1. The van der Waals surface area contributed by atoms with E-state index in [4.69, 9.17) is 9.94 Å². The molecule has 2 rings (SSSR count). The number of oxime groups is 1. The number of amides is 1. The molecule has 1 aromatic carbocycles. The van der Waals surface area contributed by atoms with Gasteiger partial charge >= 0.3 is 5.97 Å². The molecular formula is C14H16N2O4S. The minimum absolute atomic E-state index is 0.0869. The van der Waals surface area contributed by atoms with E-state index in [-0.39, 0.29) is 5.91 Å². The van der Waals surface area contributed by atoms with E-state index in [0.29, 0.717) is 18.0 Å². The van der Waals surface area contributed by atoms with Crippen molar-refractivity contribution >= 4 is 35.0 Å². The first-order valence-corrected chi connectivity index (χ1v) is 7.47. The van der Waals surface area contributed by atoms with Crippen molar-refractivity contribution in [3.63, 3.8) is 0 Å². The number of rotatable bonds is 5. The van der Waals surface area contributed by atoms with Crippen LogP contribution < -0.4 is 4.90 Å². The Bertz CT molecular complexity index is 601. The van der Waals surface area contributed by atoms with Crippen LogP contribution in [-0.2, 0) is 14.4 Å². The molecule has 7 heteroatoms. The molecule has 0 atom stereocenters. The summed E-state index contributed by atoms with van der Waals surface area (Å²) in [5.74, 6) is -0.533. The van der Waals surface area contributed by atoms with Crippen LogP contribution in [0.5, 0.6) is 0 Å². The maximum Gasteiger partial charge on any atom is 0.344 e. The highest BCUT2D eigenvalue weighted by molar-refractivity contribution is 8.00. The van der Waals surface area contributed by atoms with Crippen LogP contribution in [0.2, 0.25) is 0 Å². The van der Waals surface area contributed by atoms with Crippen LogP contribution in [-0.4, -0.2) is 41.6 Å². The molecule has 1 aliphatic heterocycles. The average molecular weight is 308 g/mol. The zero-order chi connectivity index (χ0) is 15.4. The molecule has 21 heavy (non-hydrogen) atoms. The lowest BCUT2D eigenvalue weighted by Gasteiger charge is -2.28. The van der Waals surface area contributed by atoms with Crippen LogP contribution >= 0.6 is 11.8 Å². The minimum atomic E-state index is -1.07. The lowest BCUT2D eigenvalue weighted by Crippen LogP contribution is -2.35. The molecule has 0 radical (unpaired) electrons. The third-order valence-corrected chi connectivity index (χ3v) is 4.07. The molecule has 1 aromatic rings. The van der Waals surface area contributed by atoms with Gasteiger partial charge in [-0.3, -0.25) is 4.79 Å². The number of hydrogen-bond acceptors (Lipinski definition) is 5. The van der Waals surface area contributed by atoms with E-state index in [1.54, 1.807) is 11.8 Å². The highest BCUT2D eigenvalue weighted by atomic mass is 32.2. The molecule has 0 unspecified atom stereocenters. The number of anilines is 1. The Morgan fingerprint density at radius 2 is 2.29 bits per heavy atom. The van der Waals surface area contributed by atoms with E-state index >= 15 is 0 Å². The van der Waals surface area contributed by atoms with Crippen molar-refractivity contribution in [2.24, 2.45) is 5.16 Å². The first kappa shape index (κ1) is 15.4. The first-order chi connectivity index (χ1) is 10.0. The fraction of sp³-hybridized carbons (Fsp3) is 0.357. The van der Waals surface area contributed by atoms with Crippen molar-refractivity contribution in [3.8, 4) is 0 Å². The van der Waals surface area contributed by atoms with E-state index < -0.39 is 12.6 Å². The maximum atomic E-state index is 11.9. The van der Waals surface area contributed by atoms with Gasteiger partial charge in [0.15, 0.2) is 0 Å². The number of benzene rings is 1. The maximum absolute atomic E-state index is 11.9. The number of hydrogen-bond donors (Lipinski definition) is 1. The van der Waals surface area contributed by atoms with Crippen LogP contribution in [0.25, 0.3) is 0 Å². The van der Waals surface area contributed by atoms with Crippen molar-refractivity contribution in [1.82, 2.24) is 0 Å². The summed E-state index contributed by atoms with van der Waals surface area (Å²) in [6.07, 6.45) is 0. The van der Waals surface area contributed by atoms with Crippen molar-refractivity contribution in [1.29, 1.82) is 0 Å².